The van der Waals surface area contributed by atoms with Crippen molar-refractivity contribution in [1.82, 2.24) is 0 Å². The van der Waals surface area contributed by atoms with E-state index in [1.165, 1.54) is 0 Å². The number of amides is 2. The number of hydrogen-bond donors (Lipinski definition) is 0. The number of anilines is 2. The molecular weight excluding hydrogens is 499 g/mol. The largest absolute Gasteiger partial charge is 0.364 e. The van der Waals surface area contributed by atoms with Crippen LogP contribution in [0.3, 0.4) is 0 Å². The van der Waals surface area contributed by atoms with Crippen LogP contribution in [-0.2, 0) is 44.7 Å². The van der Waals surface area contributed by atoms with Crippen LogP contribution in [-0.4, -0.2) is 51.3 Å². The first-order valence-electron chi connectivity index (χ1n) is 12.3. The Hall–Kier alpha value is -2.12. The van der Waals surface area contributed by atoms with E-state index in [-0.39, 0.29) is 37.0 Å². The zero-order valence-electron chi connectivity index (χ0n) is 22.4. The van der Waals surface area contributed by atoms with Gasteiger partial charge in [0.1, 0.15) is 25.2 Å². The molecule has 8 heteroatoms. The average molecular weight is 540 g/mol. The van der Waals surface area contributed by atoms with Gasteiger partial charge in [-0.1, -0.05) is 64.1 Å². The fraction of sp³-hybridized carbons (Fsp3) is 0.500. The fourth-order valence-corrected chi connectivity index (χ4v) is 4.34. The Morgan fingerprint density at radius 2 is 0.917 bits per heavy atom. The number of hydrogen-bond acceptors (Lipinski definition) is 4. The quantitative estimate of drug-likeness (QED) is 0.246. The number of alkyl halides is 2. The van der Waals surface area contributed by atoms with Gasteiger partial charge in [-0.3, -0.25) is 19.4 Å². The van der Waals surface area contributed by atoms with Gasteiger partial charge in [-0.15, -0.1) is 23.2 Å². The number of rotatable bonds is 12. The molecule has 0 aromatic heterocycles. The Balaban J connectivity index is 0.000000360. The molecule has 0 saturated carbocycles. The van der Waals surface area contributed by atoms with E-state index in [1.54, 1.807) is 24.0 Å². The number of carbonyl (C=O) groups excluding carboxylic acids is 2. The van der Waals surface area contributed by atoms with Gasteiger partial charge in [-0.25, -0.2) is 0 Å². The van der Waals surface area contributed by atoms with E-state index in [0.29, 0.717) is 0 Å². The van der Waals surface area contributed by atoms with Crippen molar-refractivity contribution in [2.24, 2.45) is 0 Å². The van der Waals surface area contributed by atoms with E-state index in [2.05, 4.69) is 27.7 Å². The molecule has 0 bridgehead atoms. The van der Waals surface area contributed by atoms with Crippen LogP contribution in [0.1, 0.15) is 49.9 Å². The molecule has 0 heterocycles. The maximum Gasteiger partial charge on any atom is 0.243 e. The molecular formula is C28H40Cl2N2O4. The van der Waals surface area contributed by atoms with Crippen LogP contribution in [0.25, 0.3) is 0 Å². The molecule has 200 valence electrons. The average Bonchev–Trinajstić information content (AvgIpc) is 2.93. The van der Waals surface area contributed by atoms with E-state index in [0.717, 1.165) is 59.3 Å². The summed E-state index contributed by atoms with van der Waals surface area (Å²) in [6, 6.07) is 12.2. The van der Waals surface area contributed by atoms with Gasteiger partial charge in [0.25, 0.3) is 0 Å². The minimum atomic E-state index is -0.130. The number of aryl methyl sites for hydroxylation is 4. The predicted molar refractivity (Wildman–Crippen MR) is 151 cm³/mol. The van der Waals surface area contributed by atoms with Crippen LogP contribution in [0.15, 0.2) is 36.4 Å². The lowest BCUT2D eigenvalue weighted by molar-refractivity contribution is -0.118. The van der Waals surface area contributed by atoms with Crippen LogP contribution in [0, 0.1) is 0 Å². The van der Waals surface area contributed by atoms with Crippen molar-refractivity contribution < 1.29 is 19.1 Å². The van der Waals surface area contributed by atoms with E-state index >= 15 is 0 Å². The summed E-state index contributed by atoms with van der Waals surface area (Å²) in [6.45, 7) is 8.77. The second-order valence-corrected chi connectivity index (χ2v) is 8.54. The molecule has 2 rings (SSSR count). The Morgan fingerprint density at radius 3 is 1.11 bits per heavy atom. The second-order valence-electron chi connectivity index (χ2n) is 8.01. The van der Waals surface area contributed by atoms with Crippen LogP contribution in [0.4, 0.5) is 11.4 Å². The molecule has 0 unspecified atom stereocenters. The molecule has 0 fully saturated rings. The van der Waals surface area contributed by atoms with Crippen molar-refractivity contribution >= 4 is 46.4 Å². The maximum absolute atomic E-state index is 12.0. The van der Waals surface area contributed by atoms with Gasteiger partial charge in [-0.2, -0.15) is 0 Å². The van der Waals surface area contributed by atoms with Crippen molar-refractivity contribution in [1.29, 1.82) is 0 Å². The van der Waals surface area contributed by atoms with Gasteiger partial charge in [0.05, 0.1) is 11.4 Å². The van der Waals surface area contributed by atoms with Crippen LogP contribution in [0.5, 0.6) is 0 Å². The summed E-state index contributed by atoms with van der Waals surface area (Å²) in [7, 11) is 3.16. The Labute approximate surface area is 226 Å². The Bertz CT molecular complexity index is 847. The molecule has 36 heavy (non-hydrogen) atoms. The summed E-state index contributed by atoms with van der Waals surface area (Å²) in [5, 5.41) is 0. The number of nitrogens with zero attached hydrogens (tertiary/aromatic N) is 2. The van der Waals surface area contributed by atoms with Crippen molar-refractivity contribution in [3.63, 3.8) is 0 Å². The fourth-order valence-electron chi connectivity index (χ4n) is 4.05. The molecule has 0 spiro atoms. The minimum Gasteiger partial charge on any atom is -0.364 e. The van der Waals surface area contributed by atoms with Gasteiger partial charge in [0.2, 0.25) is 11.8 Å². The van der Waals surface area contributed by atoms with Crippen LogP contribution >= 0.6 is 23.2 Å². The molecule has 0 saturated heterocycles. The molecule has 2 aromatic carbocycles. The SMILES string of the molecule is CCc1cccc(CC)c1N(COC)C(=O)CCl.CCc1cccc(CC)c1N(COC)C(=O)CCl. The van der Waals surface area contributed by atoms with Gasteiger partial charge in [0.15, 0.2) is 0 Å². The third-order valence-electron chi connectivity index (χ3n) is 5.82. The number of ether oxygens (including phenoxy) is 2. The second kappa shape index (κ2) is 17.4. The smallest absolute Gasteiger partial charge is 0.243 e. The Morgan fingerprint density at radius 1 is 0.639 bits per heavy atom. The zero-order chi connectivity index (χ0) is 27.1. The zero-order valence-corrected chi connectivity index (χ0v) is 23.9. The van der Waals surface area contributed by atoms with Crippen molar-refractivity contribution in [2.45, 2.75) is 53.4 Å². The van der Waals surface area contributed by atoms with E-state index in [9.17, 15) is 9.59 Å². The van der Waals surface area contributed by atoms with Crippen molar-refractivity contribution in [3.8, 4) is 0 Å². The third kappa shape index (κ3) is 8.48. The summed E-state index contributed by atoms with van der Waals surface area (Å²) in [6.07, 6.45) is 3.50. The lowest BCUT2D eigenvalue weighted by Gasteiger charge is -2.26. The highest BCUT2D eigenvalue weighted by atomic mass is 35.5. The maximum atomic E-state index is 12.0. The topological polar surface area (TPSA) is 59.1 Å². The van der Waals surface area contributed by atoms with E-state index in [4.69, 9.17) is 32.7 Å². The number of methoxy groups -OCH3 is 2. The Kier molecular flexibility index (Phi) is 15.4. The van der Waals surface area contributed by atoms with Gasteiger partial charge < -0.3 is 9.47 Å². The number of benzene rings is 2. The highest BCUT2D eigenvalue weighted by Crippen LogP contribution is 2.28. The first-order valence-corrected chi connectivity index (χ1v) is 13.4. The first kappa shape index (κ1) is 31.9. The lowest BCUT2D eigenvalue weighted by Crippen LogP contribution is -2.35. The number of halogens is 2. The molecule has 2 amide bonds. The van der Waals surface area contributed by atoms with Gasteiger partial charge in [-0.05, 0) is 47.9 Å². The molecule has 2 aromatic rings. The van der Waals surface area contributed by atoms with Crippen LogP contribution < -0.4 is 9.80 Å². The van der Waals surface area contributed by atoms with E-state index < -0.39 is 0 Å². The van der Waals surface area contributed by atoms with Crippen LogP contribution in [0.2, 0.25) is 0 Å². The van der Waals surface area contributed by atoms with Gasteiger partial charge >= 0.3 is 0 Å². The predicted octanol–water partition coefficient (Wildman–Crippen LogP) is 5.97. The first-order chi connectivity index (χ1) is 17.4. The van der Waals surface area contributed by atoms with Crippen molar-refractivity contribution in [2.75, 3.05) is 49.2 Å². The monoisotopic (exact) mass is 538 g/mol. The van der Waals surface area contributed by atoms with Gasteiger partial charge in [0, 0.05) is 14.2 Å². The summed E-state index contributed by atoms with van der Waals surface area (Å²) in [4.78, 5) is 27.2. The van der Waals surface area contributed by atoms with Crippen molar-refractivity contribution in [3.05, 3.63) is 58.7 Å². The van der Waals surface area contributed by atoms with E-state index in [1.807, 2.05) is 36.4 Å². The lowest BCUT2D eigenvalue weighted by atomic mass is 10.0. The summed E-state index contributed by atoms with van der Waals surface area (Å²) < 4.78 is 10.3. The minimum absolute atomic E-state index is 0.0371. The standard InChI is InChI=1S/2C14H20ClNO2/c2*1-4-11-7-6-8-12(5-2)14(11)16(10-18-3)13(17)9-15/h2*6-8H,4-5,9-10H2,1-3H3. The molecule has 0 N–H and O–H groups in total. The number of carbonyl (C=O) groups is 2. The highest BCUT2D eigenvalue weighted by molar-refractivity contribution is 6.29. The summed E-state index contributed by atoms with van der Waals surface area (Å²) in [5.74, 6) is -0.335. The molecule has 0 aliphatic rings. The number of para-hydroxylation sites is 2. The summed E-state index contributed by atoms with van der Waals surface area (Å²) >= 11 is 11.4. The highest BCUT2D eigenvalue weighted by Gasteiger charge is 2.21. The molecule has 0 aliphatic carbocycles. The molecule has 0 aliphatic heterocycles. The normalized spacial score (nSPS) is 10.4. The molecule has 6 nitrogen and oxygen atoms in total. The molecule has 0 radical (unpaired) electrons. The summed E-state index contributed by atoms with van der Waals surface area (Å²) in [5.41, 5.74) is 6.48. The third-order valence-corrected chi connectivity index (χ3v) is 6.27. The molecule has 0 atom stereocenters.